The Morgan fingerprint density at radius 1 is 1.29 bits per heavy atom. The predicted molar refractivity (Wildman–Crippen MR) is 136 cm³/mol. The standard InChI is InChI=1S/C27H28N4O4/c1-4-10-30-25-20(13-18(27(33)34)15-23(25)35-3)28-26(30)22-14-17-8-6-9-21-24(17)31(22)19(5-2)16-29(21)11-7-12-32/h1,6,8-9,13-15,19,32H,5,7,10-12,16H2,2-3H3,(H,33,34). The second kappa shape index (κ2) is 9.01. The van der Waals surface area contributed by atoms with E-state index in [2.05, 4.69) is 46.6 Å². The molecule has 0 bridgehead atoms. The van der Waals surface area contributed by atoms with Gasteiger partial charge in [0.15, 0.2) is 5.82 Å². The number of anilines is 1. The maximum absolute atomic E-state index is 11.7. The average Bonchev–Trinajstić information content (AvgIpc) is 3.43. The lowest BCUT2D eigenvalue weighted by atomic mass is 10.1. The summed E-state index contributed by atoms with van der Waals surface area (Å²) in [4.78, 5) is 19.0. The van der Waals surface area contributed by atoms with Crippen molar-refractivity contribution >= 4 is 33.6 Å². The highest BCUT2D eigenvalue weighted by Gasteiger charge is 2.30. The number of ether oxygens (including phenoxy) is 1. The van der Waals surface area contributed by atoms with Crippen LogP contribution in [-0.2, 0) is 6.54 Å². The van der Waals surface area contributed by atoms with Crippen LogP contribution in [0.5, 0.6) is 5.75 Å². The van der Waals surface area contributed by atoms with Gasteiger partial charge in [-0.05, 0) is 37.1 Å². The normalized spacial score (nSPS) is 15.0. The lowest BCUT2D eigenvalue weighted by Crippen LogP contribution is -2.36. The molecule has 1 aliphatic rings. The number of fused-ring (bicyclic) bond motifs is 1. The number of terminal acetylenes is 1. The monoisotopic (exact) mass is 472 g/mol. The summed E-state index contributed by atoms with van der Waals surface area (Å²) in [6, 6.07) is 11.7. The molecule has 1 atom stereocenters. The van der Waals surface area contributed by atoms with E-state index in [4.69, 9.17) is 16.1 Å². The number of methoxy groups -OCH3 is 1. The minimum atomic E-state index is -1.04. The molecule has 180 valence electrons. The largest absolute Gasteiger partial charge is 0.494 e. The molecule has 2 N–H and O–H groups in total. The molecule has 0 saturated carbocycles. The molecule has 1 aliphatic heterocycles. The Morgan fingerprint density at radius 3 is 2.80 bits per heavy atom. The minimum Gasteiger partial charge on any atom is -0.494 e. The Hall–Kier alpha value is -3.96. The number of nitrogens with zero attached hydrogens (tertiary/aromatic N) is 4. The maximum atomic E-state index is 11.7. The zero-order valence-corrected chi connectivity index (χ0v) is 19.9. The van der Waals surface area contributed by atoms with E-state index >= 15 is 0 Å². The highest BCUT2D eigenvalue weighted by Crippen LogP contribution is 2.42. The zero-order chi connectivity index (χ0) is 24.7. The molecule has 0 fully saturated rings. The molecular formula is C27H28N4O4. The molecular weight excluding hydrogens is 444 g/mol. The SMILES string of the molecule is C#CCn1c(-c2cc3cccc4c3n2C(CC)CN4CCCO)nc2cc(C(=O)O)cc(OC)c21. The lowest BCUT2D eigenvalue weighted by molar-refractivity contribution is 0.0696. The number of hydrogen-bond donors (Lipinski definition) is 2. The van der Waals surface area contributed by atoms with Gasteiger partial charge in [-0.1, -0.05) is 25.0 Å². The third-order valence-corrected chi connectivity index (χ3v) is 6.79. The van der Waals surface area contributed by atoms with Gasteiger partial charge in [0.2, 0.25) is 0 Å². The first-order valence-corrected chi connectivity index (χ1v) is 11.8. The van der Waals surface area contributed by atoms with Crippen molar-refractivity contribution in [2.24, 2.45) is 0 Å². The van der Waals surface area contributed by atoms with Gasteiger partial charge in [-0.15, -0.1) is 6.42 Å². The van der Waals surface area contributed by atoms with E-state index in [1.165, 1.54) is 13.2 Å². The maximum Gasteiger partial charge on any atom is 0.335 e. The van der Waals surface area contributed by atoms with E-state index in [0.717, 1.165) is 41.8 Å². The van der Waals surface area contributed by atoms with Crippen LogP contribution in [0.15, 0.2) is 36.4 Å². The van der Waals surface area contributed by atoms with Crippen LogP contribution in [0, 0.1) is 12.3 Å². The van der Waals surface area contributed by atoms with Crippen molar-refractivity contribution in [1.29, 1.82) is 0 Å². The number of aliphatic hydroxyl groups is 1. The molecule has 0 saturated heterocycles. The van der Waals surface area contributed by atoms with Crippen molar-refractivity contribution in [3.63, 3.8) is 0 Å². The molecule has 4 aromatic rings. The van der Waals surface area contributed by atoms with E-state index < -0.39 is 5.97 Å². The molecule has 0 aliphatic carbocycles. The van der Waals surface area contributed by atoms with Gasteiger partial charge in [0.05, 0.1) is 47.7 Å². The lowest BCUT2D eigenvalue weighted by Gasteiger charge is -2.36. The second-order valence-corrected chi connectivity index (χ2v) is 8.78. The number of carboxylic acids is 1. The van der Waals surface area contributed by atoms with Crippen molar-refractivity contribution in [2.45, 2.75) is 32.4 Å². The summed E-state index contributed by atoms with van der Waals surface area (Å²) < 4.78 is 9.85. The van der Waals surface area contributed by atoms with Gasteiger partial charge in [0, 0.05) is 25.1 Å². The van der Waals surface area contributed by atoms with Crippen LogP contribution >= 0.6 is 0 Å². The number of para-hydroxylation sites is 1. The van der Waals surface area contributed by atoms with Crippen LogP contribution in [0.3, 0.4) is 0 Å². The van der Waals surface area contributed by atoms with Crippen LogP contribution in [0.2, 0.25) is 0 Å². The molecule has 1 unspecified atom stereocenters. The summed E-state index contributed by atoms with van der Waals surface area (Å²) in [6.45, 7) is 4.21. The van der Waals surface area contributed by atoms with Crippen LogP contribution in [0.25, 0.3) is 33.5 Å². The molecule has 0 radical (unpaired) electrons. The first-order valence-electron chi connectivity index (χ1n) is 11.8. The zero-order valence-electron chi connectivity index (χ0n) is 19.9. The van der Waals surface area contributed by atoms with Crippen molar-refractivity contribution in [1.82, 2.24) is 14.1 Å². The molecule has 35 heavy (non-hydrogen) atoms. The van der Waals surface area contributed by atoms with Crippen molar-refractivity contribution in [3.8, 4) is 29.6 Å². The van der Waals surface area contributed by atoms with Crippen LogP contribution in [0.1, 0.15) is 36.2 Å². The number of rotatable bonds is 8. The fraction of sp³-hybridized carbons (Fsp3) is 0.333. The van der Waals surface area contributed by atoms with Crippen LogP contribution < -0.4 is 9.64 Å². The Bertz CT molecular complexity index is 1480. The van der Waals surface area contributed by atoms with Gasteiger partial charge >= 0.3 is 5.97 Å². The quantitative estimate of drug-likeness (QED) is 0.374. The minimum absolute atomic E-state index is 0.112. The topological polar surface area (TPSA) is 92.8 Å². The number of carbonyl (C=O) groups is 1. The molecule has 2 aromatic heterocycles. The first-order chi connectivity index (χ1) is 17.0. The summed E-state index contributed by atoms with van der Waals surface area (Å²) in [7, 11) is 1.52. The summed E-state index contributed by atoms with van der Waals surface area (Å²) in [5.74, 6) is 2.79. The van der Waals surface area contributed by atoms with Crippen LogP contribution in [-0.4, -0.2) is 57.1 Å². The summed E-state index contributed by atoms with van der Waals surface area (Å²) >= 11 is 0. The number of benzene rings is 2. The smallest absolute Gasteiger partial charge is 0.335 e. The third kappa shape index (κ3) is 3.60. The van der Waals surface area contributed by atoms with E-state index in [-0.39, 0.29) is 24.8 Å². The Kier molecular flexibility index (Phi) is 5.87. The summed E-state index contributed by atoms with van der Waals surface area (Å²) in [5, 5.41) is 20.1. The second-order valence-electron chi connectivity index (χ2n) is 8.78. The summed E-state index contributed by atoms with van der Waals surface area (Å²) in [5.41, 5.74) is 4.52. The van der Waals surface area contributed by atoms with Crippen molar-refractivity contribution in [2.75, 3.05) is 31.7 Å². The van der Waals surface area contributed by atoms with Gasteiger partial charge in [-0.25, -0.2) is 9.78 Å². The van der Waals surface area contributed by atoms with Gasteiger partial charge in [0.25, 0.3) is 0 Å². The van der Waals surface area contributed by atoms with E-state index in [1.54, 1.807) is 6.07 Å². The number of aliphatic hydroxyl groups excluding tert-OH is 1. The Morgan fingerprint density at radius 2 is 2.11 bits per heavy atom. The van der Waals surface area contributed by atoms with Crippen LogP contribution in [0.4, 0.5) is 5.69 Å². The molecule has 5 rings (SSSR count). The number of aromatic carboxylic acids is 1. The van der Waals surface area contributed by atoms with E-state index in [1.807, 2.05) is 4.57 Å². The molecule has 8 heteroatoms. The first kappa shape index (κ1) is 22.8. The fourth-order valence-electron chi connectivity index (χ4n) is 5.24. The number of hydrogen-bond acceptors (Lipinski definition) is 5. The molecule has 3 heterocycles. The number of aromatic nitrogens is 3. The number of imidazole rings is 1. The van der Waals surface area contributed by atoms with Gasteiger partial charge in [-0.3, -0.25) is 0 Å². The Labute approximate surface area is 203 Å². The predicted octanol–water partition coefficient (Wildman–Crippen LogP) is 4.15. The Balaban J connectivity index is 1.81. The van der Waals surface area contributed by atoms with Gasteiger partial charge < -0.3 is 29.0 Å². The van der Waals surface area contributed by atoms with Gasteiger partial charge in [-0.2, -0.15) is 0 Å². The fourth-order valence-corrected chi connectivity index (χ4v) is 5.24. The van der Waals surface area contributed by atoms with E-state index in [0.29, 0.717) is 29.0 Å². The van der Waals surface area contributed by atoms with Crippen molar-refractivity contribution in [3.05, 3.63) is 42.0 Å². The molecule has 8 nitrogen and oxygen atoms in total. The summed E-state index contributed by atoms with van der Waals surface area (Å²) in [6.07, 6.45) is 7.39. The highest BCUT2D eigenvalue weighted by atomic mass is 16.5. The third-order valence-electron chi connectivity index (χ3n) is 6.79. The molecule has 0 spiro atoms. The van der Waals surface area contributed by atoms with Gasteiger partial charge in [0.1, 0.15) is 11.3 Å². The highest BCUT2D eigenvalue weighted by molar-refractivity contribution is 5.99. The van der Waals surface area contributed by atoms with E-state index in [9.17, 15) is 15.0 Å². The average molecular weight is 473 g/mol. The molecule has 0 amide bonds. The van der Waals surface area contributed by atoms with Crippen molar-refractivity contribution < 1.29 is 19.7 Å². The number of carboxylic acid groups (broad SMARTS) is 1. The molecule has 2 aromatic carbocycles.